The summed E-state index contributed by atoms with van der Waals surface area (Å²) in [5.41, 5.74) is 1.03. The van der Waals surface area contributed by atoms with E-state index >= 15 is 0 Å². The first-order valence-corrected chi connectivity index (χ1v) is 5.94. The second-order valence-corrected chi connectivity index (χ2v) is 4.37. The van der Waals surface area contributed by atoms with Gasteiger partial charge in [-0.2, -0.15) is 0 Å². The average Bonchev–Trinajstić information content (AvgIpc) is 2.48. The molecular formula is C16H10N2. The molecular weight excluding hydrogens is 220 g/mol. The van der Waals surface area contributed by atoms with Gasteiger partial charge in [-0.25, -0.2) is 0 Å². The summed E-state index contributed by atoms with van der Waals surface area (Å²) in [6.07, 6.45) is 5.57. The number of rotatable bonds is 0. The molecule has 2 aromatic heterocycles. The minimum Gasteiger partial charge on any atom is -0.264 e. The Hall–Kier alpha value is -2.48. The second-order valence-electron chi connectivity index (χ2n) is 4.37. The van der Waals surface area contributed by atoms with Crippen LogP contribution in [0.15, 0.2) is 61.1 Å². The van der Waals surface area contributed by atoms with E-state index in [-0.39, 0.29) is 0 Å². The predicted molar refractivity (Wildman–Crippen MR) is 74.6 cm³/mol. The van der Waals surface area contributed by atoms with Crippen LogP contribution in [-0.4, -0.2) is 9.97 Å². The highest BCUT2D eigenvalue weighted by Crippen LogP contribution is 2.32. The molecule has 0 aliphatic carbocycles. The minimum absolute atomic E-state index is 1.03. The zero-order valence-corrected chi connectivity index (χ0v) is 9.67. The molecule has 0 radical (unpaired) electrons. The molecule has 2 heteroatoms. The molecule has 0 unspecified atom stereocenters. The summed E-state index contributed by atoms with van der Waals surface area (Å²) in [6.45, 7) is 0. The predicted octanol–water partition coefficient (Wildman–Crippen LogP) is 3.94. The Morgan fingerprint density at radius 1 is 0.611 bits per heavy atom. The smallest absolute Gasteiger partial charge is 0.0802 e. The van der Waals surface area contributed by atoms with Gasteiger partial charge in [0.1, 0.15) is 0 Å². The van der Waals surface area contributed by atoms with Gasteiger partial charge in [-0.15, -0.1) is 0 Å². The van der Waals surface area contributed by atoms with Gasteiger partial charge in [0.15, 0.2) is 0 Å². The summed E-state index contributed by atoms with van der Waals surface area (Å²) in [6, 6.07) is 14.6. The maximum atomic E-state index is 4.52. The van der Waals surface area contributed by atoms with Crippen molar-refractivity contribution in [1.29, 1.82) is 0 Å². The Bertz CT molecular complexity index is 661. The zero-order chi connectivity index (χ0) is 11.9. The number of hydrogen-bond acceptors (Lipinski definition) is 2. The molecule has 0 spiro atoms. The summed E-state index contributed by atoms with van der Waals surface area (Å²) in [5, 5.41) is 6.03. The van der Waals surface area contributed by atoms with Gasteiger partial charge < -0.3 is 0 Å². The molecule has 0 amide bonds. The number of nitrogens with zero attached hydrogens (tertiary/aromatic N) is 2. The standard InChI is InChI=1S/C16H10N2/c1-2-5-12-11(4-1)13-7-9-17-10-15(13)16-14(12)6-3-8-18-16/h1-10H. The van der Waals surface area contributed by atoms with Crippen molar-refractivity contribution < 1.29 is 0 Å². The van der Waals surface area contributed by atoms with E-state index in [1.54, 1.807) is 0 Å². The first kappa shape index (κ1) is 9.54. The van der Waals surface area contributed by atoms with E-state index in [1.165, 1.54) is 21.5 Å². The third-order valence-electron chi connectivity index (χ3n) is 3.39. The average molecular weight is 230 g/mol. The van der Waals surface area contributed by atoms with Gasteiger partial charge in [0, 0.05) is 29.4 Å². The quantitative estimate of drug-likeness (QED) is 0.428. The number of pyridine rings is 2. The molecule has 0 aliphatic rings. The van der Waals surface area contributed by atoms with Gasteiger partial charge in [0.2, 0.25) is 0 Å². The molecule has 0 N–H and O–H groups in total. The van der Waals surface area contributed by atoms with Crippen molar-refractivity contribution >= 4 is 32.4 Å². The van der Waals surface area contributed by atoms with E-state index in [4.69, 9.17) is 0 Å². The van der Waals surface area contributed by atoms with Crippen LogP contribution in [0, 0.1) is 0 Å². The fourth-order valence-electron chi connectivity index (χ4n) is 2.61. The highest BCUT2D eigenvalue weighted by atomic mass is 14.7. The maximum Gasteiger partial charge on any atom is 0.0802 e. The first-order valence-electron chi connectivity index (χ1n) is 5.94. The number of aromatic nitrogens is 2. The summed E-state index contributed by atoms with van der Waals surface area (Å²) >= 11 is 0. The second kappa shape index (κ2) is 3.50. The molecule has 18 heavy (non-hydrogen) atoms. The van der Waals surface area contributed by atoms with Crippen LogP contribution in [0.5, 0.6) is 0 Å². The topological polar surface area (TPSA) is 25.8 Å². The van der Waals surface area contributed by atoms with Crippen LogP contribution in [0.3, 0.4) is 0 Å². The van der Waals surface area contributed by atoms with E-state index in [0.717, 1.165) is 10.9 Å². The SMILES string of the molecule is c1ccc2c(c1)c1ccncc1c1ncccc21. The number of fused-ring (bicyclic) bond motifs is 6. The largest absolute Gasteiger partial charge is 0.264 e. The van der Waals surface area contributed by atoms with E-state index in [2.05, 4.69) is 46.4 Å². The van der Waals surface area contributed by atoms with Crippen LogP contribution in [0.1, 0.15) is 0 Å². The zero-order valence-electron chi connectivity index (χ0n) is 9.67. The Morgan fingerprint density at radius 3 is 2.22 bits per heavy atom. The molecule has 2 nitrogen and oxygen atoms in total. The normalized spacial score (nSPS) is 11.3. The highest BCUT2D eigenvalue weighted by Gasteiger charge is 2.07. The van der Waals surface area contributed by atoms with Crippen LogP contribution in [-0.2, 0) is 0 Å². The van der Waals surface area contributed by atoms with Crippen molar-refractivity contribution in [2.24, 2.45) is 0 Å². The molecule has 0 bridgehead atoms. The summed E-state index contributed by atoms with van der Waals surface area (Å²) < 4.78 is 0. The van der Waals surface area contributed by atoms with Crippen LogP contribution < -0.4 is 0 Å². The molecule has 0 saturated carbocycles. The van der Waals surface area contributed by atoms with Gasteiger partial charge in [-0.1, -0.05) is 30.3 Å². The third-order valence-corrected chi connectivity index (χ3v) is 3.39. The van der Waals surface area contributed by atoms with Gasteiger partial charge in [0.05, 0.1) is 5.52 Å². The van der Waals surface area contributed by atoms with Gasteiger partial charge in [0.25, 0.3) is 0 Å². The Morgan fingerprint density at radius 2 is 1.33 bits per heavy atom. The fourth-order valence-corrected chi connectivity index (χ4v) is 2.61. The monoisotopic (exact) mass is 230 g/mol. The van der Waals surface area contributed by atoms with Gasteiger partial charge >= 0.3 is 0 Å². The van der Waals surface area contributed by atoms with Crippen LogP contribution in [0.25, 0.3) is 32.4 Å². The molecule has 0 atom stereocenters. The van der Waals surface area contributed by atoms with Crippen molar-refractivity contribution in [3.63, 3.8) is 0 Å². The van der Waals surface area contributed by atoms with Crippen LogP contribution in [0.4, 0.5) is 0 Å². The summed E-state index contributed by atoms with van der Waals surface area (Å²) in [5.74, 6) is 0. The van der Waals surface area contributed by atoms with Crippen molar-refractivity contribution in [3.8, 4) is 0 Å². The third kappa shape index (κ3) is 1.17. The van der Waals surface area contributed by atoms with Gasteiger partial charge in [-0.05, 0) is 28.3 Å². The summed E-state index contributed by atoms with van der Waals surface area (Å²) in [7, 11) is 0. The lowest BCUT2D eigenvalue weighted by molar-refractivity contribution is 1.36. The van der Waals surface area contributed by atoms with Gasteiger partial charge in [-0.3, -0.25) is 9.97 Å². The van der Waals surface area contributed by atoms with E-state index < -0.39 is 0 Å². The van der Waals surface area contributed by atoms with Crippen LogP contribution >= 0.6 is 0 Å². The first-order chi connectivity index (χ1) is 8.95. The summed E-state index contributed by atoms with van der Waals surface area (Å²) in [4.78, 5) is 8.75. The van der Waals surface area contributed by atoms with E-state index in [9.17, 15) is 0 Å². The lowest BCUT2D eigenvalue weighted by atomic mass is 9.99. The van der Waals surface area contributed by atoms with Crippen LogP contribution in [0.2, 0.25) is 0 Å². The fraction of sp³-hybridized carbons (Fsp3) is 0. The van der Waals surface area contributed by atoms with Crippen molar-refractivity contribution in [3.05, 3.63) is 61.1 Å². The lowest BCUT2D eigenvalue weighted by Gasteiger charge is -2.08. The Kier molecular flexibility index (Phi) is 1.86. The Balaban J connectivity index is 2.46. The number of hydrogen-bond donors (Lipinski definition) is 0. The molecule has 4 rings (SSSR count). The van der Waals surface area contributed by atoms with E-state index in [1.807, 2.05) is 24.7 Å². The molecule has 0 saturated heterocycles. The minimum atomic E-state index is 1.03. The van der Waals surface area contributed by atoms with E-state index in [0.29, 0.717) is 0 Å². The lowest BCUT2D eigenvalue weighted by Crippen LogP contribution is -1.85. The molecule has 4 aromatic rings. The van der Waals surface area contributed by atoms with Crippen molar-refractivity contribution in [1.82, 2.24) is 9.97 Å². The molecule has 2 heterocycles. The molecule has 84 valence electrons. The molecule has 2 aromatic carbocycles. The number of benzene rings is 2. The molecule has 0 aliphatic heterocycles. The molecule has 0 fully saturated rings. The van der Waals surface area contributed by atoms with Crippen molar-refractivity contribution in [2.45, 2.75) is 0 Å². The Labute approximate surface area is 104 Å². The highest BCUT2D eigenvalue weighted by molar-refractivity contribution is 6.23. The van der Waals surface area contributed by atoms with Crippen molar-refractivity contribution in [2.75, 3.05) is 0 Å². The maximum absolute atomic E-state index is 4.52.